The van der Waals surface area contributed by atoms with Crippen molar-refractivity contribution >= 4 is 43.5 Å². The van der Waals surface area contributed by atoms with Crippen molar-refractivity contribution in [3.8, 4) is 44.5 Å². The van der Waals surface area contributed by atoms with Gasteiger partial charge in [0.25, 0.3) is 0 Å². The molecule has 43 heavy (non-hydrogen) atoms. The van der Waals surface area contributed by atoms with Crippen LogP contribution in [0.3, 0.4) is 0 Å². The smallest absolute Gasteiger partial charge is 0.00201 e. The zero-order valence-electron chi connectivity index (χ0n) is 24.0. The Hall–Kier alpha value is -5.46. The lowest BCUT2D eigenvalue weighted by Gasteiger charge is -2.16. The van der Waals surface area contributed by atoms with E-state index in [1.54, 1.807) is 0 Å². The molecule has 7 aromatic carbocycles. The Labute approximate surface area is 251 Å². The van der Waals surface area contributed by atoms with Crippen LogP contribution in [0.2, 0.25) is 0 Å². The summed E-state index contributed by atoms with van der Waals surface area (Å²) in [4.78, 5) is 0. The molecule has 0 N–H and O–H groups in total. The molecule has 0 saturated carbocycles. The van der Waals surface area contributed by atoms with Gasteiger partial charge in [0.1, 0.15) is 0 Å². The molecular weight excluding hydrogens is 516 g/mol. The number of allylic oxidation sites excluding steroid dienone is 5. The first kappa shape index (κ1) is 24.2. The van der Waals surface area contributed by atoms with E-state index in [2.05, 4.69) is 147 Å². The van der Waals surface area contributed by atoms with E-state index in [-0.39, 0.29) is 0 Å². The zero-order chi connectivity index (χ0) is 28.7. The molecule has 0 amide bonds. The van der Waals surface area contributed by atoms with Crippen LogP contribution in [0.15, 0.2) is 146 Å². The van der Waals surface area contributed by atoms with Crippen LogP contribution in [0.4, 0.5) is 0 Å². The maximum absolute atomic E-state index is 4.16. The van der Waals surface area contributed by atoms with Gasteiger partial charge < -0.3 is 0 Å². The van der Waals surface area contributed by atoms with Crippen molar-refractivity contribution < 1.29 is 0 Å². The summed E-state index contributed by atoms with van der Waals surface area (Å²) in [6.07, 6.45) is 6.34. The van der Waals surface area contributed by atoms with Crippen molar-refractivity contribution in [2.45, 2.75) is 6.92 Å². The van der Waals surface area contributed by atoms with Gasteiger partial charge in [0.2, 0.25) is 0 Å². The molecule has 0 aromatic heterocycles. The molecular formula is C43H28. The van der Waals surface area contributed by atoms with Gasteiger partial charge in [0.15, 0.2) is 0 Å². The highest BCUT2D eigenvalue weighted by Crippen LogP contribution is 2.51. The molecule has 9 rings (SSSR count). The minimum Gasteiger partial charge on any atom is -0.0984 e. The van der Waals surface area contributed by atoms with Crippen LogP contribution in [-0.4, -0.2) is 0 Å². The van der Waals surface area contributed by atoms with Crippen LogP contribution in [0.25, 0.3) is 88.0 Å². The molecule has 2 aliphatic carbocycles. The topological polar surface area (TPSA) is 0 Å². The van der Waals surface area contributed by atoms with E-state index >= 15 is 0 Å². The minimum atomic E-state index is 1.21. The number of hydrogen-bond acceptors (Lipinski definition) is 0. The molecule has 200 valence electrons. The second-order valence-electron chi connectivity index (χ2n) is 11.6. The van der Waals surface area contributed by atoms with Gasteiger partial charge in [-0.15, -0.1) is 0 Å². The largest absolute Gasteiger partial charge is 0.0984 e. The van der Waals surface area contributed by atoms with Gasteiger partial charge >= 0.3 is 0 Å². The predicted octanol–water partition coefficient (Wildman–Crippen LogP) is 12.1. The van der Waals surface area contributed by atoms with E-state index in [1.165, 1.54) is 99.1 Å². The summed E-state index contributed by atoms with van der Waals surface area (Å²) in [5.74, 6) is 0. The van der Waals surface area contributed by atoms with Crippen LogP contribution in [0.1, 0.15) is 18.1 Å². The number of benzene rings is 7. The first-order chi connectivity index (χ1) is 21.3. The summed E-state index contributed by atoms with van der Waals surface area (Å²) >= 11 is 0. The standard InChI is InChI=1S/C43H28/c1-3-11-27-26(4-2)36-16-9-18-38-34(22-24-40(27)42(36)38)32-20-21-33(29-13-6-5-12-28(29)32)35-23-25-41-31-15-8-7-14-30(31)37-17-10-19-39(35)43(37)41/h3-25H,2H2,1H3/b11-3-. The highest BCUT2D eigenvalue weighted by atomic mass is 14.3. The zero-order valence-corrected chi connectivity index (χ0v) is 24.0. The fourth-order valence-corrected chi connectivity index (χ4v) is 7.76. The van der Waals surface area contributed by atoms with Gasteiger partial charge in [0.05, 0.1) is 0 Å². The number of hydrogen-bond donors (Lipinski definition) is 0. The van der Waals surface area contributed by atoms with E-state index in [4.69, 9.17) is 0 Å². The van der Waals surface area contributed by atoms with Crippen molar-refractivity contribution in [2.75, 3.05) is 0 Å². The maximum atomic E-state index is 4.16. The van der Waals surface area contributed by atoms with Crippen LogP contribution < -0.4 is 0 Å². The van der Waals surface area contributed by atoms with Gasteiger partial charge in [-0.05, 0) is 106 Å². The third-order valence-electron chi connectivity index (χ3n) is 9.50. The Morgan fingerprint density at radius 1 is 0.372 bits per heavy atom. The SMILES string of the molecule is C=CC1=C(/C=C\C)c2ccc(-c3ccc(-c4ccc5c6c(cccc46)-c4ccccc4-5)c4ccccc34)c3cccc1c23. The first-order valence-electron chi connectivity index (χ1n) is 15.0. The van der Waals surface area contributed by atoms with Crippen LogP contribution >= 0.6 is 0 Å². The summed E-state index contributed by atoms with van der Waals surface area (Å²) in [6, 6.07) is 45.1. The molecule has 0 unspecified atom stereocenters. The molecule has 0 heterocycles. The van der Waals surface area contributed by atoms with E-state index in [9.17, 15) is 0 Å². The minimum absolute atomic E-state index is 1.21. The molecule has 0 saturated heterocycles. The second-order valence-corrected chi connectivity index (χ2v) is 11.6. The second kappa shape index (κ2) is 9.02. The number of fused-ring (bicyclic) bond motifs is 4. The third-order valence-corrected chi connectivity index (χ3v) is 9.50. The molecule has 0 radical (unpaired) electrons. The number of rotatable bonds is 4. The molecule has 7 aromatic rings. The molecule has 0 atom stereocenters. The molecule has 0 spiro atoms. The average Bonchev–Trinajstić information content (AvgIpc) is 3.55. The van der Waals surface area contributed by atoms with Crippen molar-refractivity contribution in [3.63, 3.8) is 0 Å². The van der Waals surface area contributed by atoms with E-state index in [1.807, 2.05) is 6.08 Å². The molecule has 0 heteroatoms. The van der Waals surface area contributed by atoms with E-state index < -0.39 is 0 Å². The Balaban J connectivity index is 1.28. The molecule has 0 bridgehead atoms. The summed E-state index contributed by atoms with van der Waals surface area (Å²) < 4.78 is 0. The third kappa shape index (κ3) is 3.21. The van der Waals surface area contributed by atoms with Gasteiger partial charge in [-0.25, -0.2) is 0 Å². The maximum Gasteiger partial charge on any atom is -0.00201 e. The lowest BCUT2D eigenvalue weighted by atomic mass is 9.87. The quantitative estimate of drug-likeness (QED) is 0.207. The van der Waals surface area contributed by atoms with Gasteiger partial charge in [0, 0.05) is 0 Å². The first-order valence-corrected chi connectivity index (χ1v) is 15.0. The summed E-state index contributed by atoms with van der Waals surface area (Å²) in [7, 11) is 0. The molecule has 0 nitrogen and oxygen atoms in total. The van der Waals surface area contributed by atoms with E-state index in [0.717, 1.165) is 0 Å². The normalized spacial score (nSPS) is 13.1. The molecule has 0 aliphatic heterocycles. The fourth-order valence-electron chi connectivity index (χ4n) is 7.76. The Morgan fingerprint density at radius 2 is 0.767 bits per heavy atom. The predicted molar refractivity (Wildman–Crippen MR) is 186 cm³/mol. The Morgan fingerprint density at radius 3 is 1.35 bits per heavy atom. The van der Waals surface area contributed by atoms with Crippen LogP contribution in [0.5, 0.6) is 0 Å². The van der Waals surface area contributed by atoms with E-state index in [0.29, 0.717) is 0 Å². The van der Waals surface area contributed by atoms with Crippen LogP contribution in [-0.2, 0) is 0 Å². The fraction of sp³-hybridized carbons (Fsp3) is 0.0233. The highest BCUT2D eigenvalue weighted by molar-refractivity contribution is 6.23. The highest BCUT2D eigenvalue weighted by Gasteiger charge is 2.25. The Bertz CT molecular complexity index is 2380. The molecule has 2 aliphatic rings. The van der Waals surface area contributed by atoms with Crippen molar-refractivity contribution in [1.82, 2.24) is 0 Å². The average molecular weight is 545 g/mol. The lowest BCUT2D eigenvalue weighted by Crippen LogP contribution is -1.90. The summed E-state index contributed by atoms with van der Waals surface area (Å²) in [6.45, 7) is 6.24. The van der Waals surface area contributed by atoms with Gasteiger partial charge in [-0.3, -0.25) is 0 Å². The van der Waals surface area contributed by atoms with Crippen LogP contribution in [0, 0.1) is 0 Å². The summed E-state index contributed by atoms with van der Waals surface area (Å²) in [5, 5.41) is 7.84. The van der Waals surface area contributed by atoms with Gasteiger partial charge in [-0.2, -0.15) is 0 Å². The molecule has 0 fully saturated rings. The lowest BCUT2D eigenvalue weighted by molar-refractivity contribution is 1.65. The monoisotopic (exact) mass is 544 g/mol. The summed E-state index contributed by atoms with van der Waals surface area (Å²) in [5.41, 5.74) is 15.5. The van der Waals surface area contributed by atoms with Crippen molar-refractivity contribution in [3.05, 3.63) is 157 Å². The van der Waals surface area contributed by atoms with Gasteiger partial charge in [-0.1, -0.05) is 146 Å². The van der Waals surface area contributed by atoms with Crippen molar-refractivity contribution in [1.29, 1.82) is 0 Å². The van der Waals surface area contributed by atoms with Crippen molar-refractivity contribution in [2.24, 2.45) is 0 Å². The Kier molecular flexibility index (Phi) is 5.07.